The van der Waals surface area contributed by atoms with Gasteiger partial charge in [0.2, 0.25) is 0 Å². The van der Waals surface area contributed by atoms with Crippen LogP contribution in [0.4, 0.5) is 0 Å². The van der Waals surface area contributed by atoms with Gasteiger partial charge in [-0.2, -0.15) is 0 Å². The highest BCUT2D eigenvalue weighted by molar-refractivity contribution is 4.94. The van der Waals surface area contributed by atoms with Crippen LogP contribution in [-0.2, 0) is 0 Å². The lowest BCUT2D eigenvalue weighted by Crippen LogP contribution is -2.50. The van der Waals surface area contributed by atoms with E-state index in [9.17, 15) is 0 Å². The fraction of sp³-hybridized carbons (Fsp3) is 1.00. The zero-order chi connectivity index (χ0) is 8.60. The molecule has 0 aromatic carbocycles. The molecule has 0 spiro atoms. The molecule has 2 fully saturated rings. The number of hydrogen-bond acceptors (Lipinski definition) is 1. The van der Waals surface area contributed by atoms with Gasteiger partial charge in [0.25, 0.3) is 0 Å². The summed E-state index contributed by atoms with van der Waals surface area (Å²) >= 11 is 0. The molecule has 1 heteroatoms. The van der Waals surface area contributed by atoms with Crippen molar-refractivity contribution in [3.05, 3.63) is 0 Å². The molecule has 1 nitrogen and oxygen atoms in total. The maximum atomic E-state index is 3.55. The summed E-state index contributed by atoms with van der Waals surface area (Å²) in [5.74, 6) is 1.95. The van der Waals surface area contributed by atoms with Gasteiger partial charge in [-0.25, -0.2) is 0 Å². The summed E-state index contributed by atoms with van der Waals surface area (Å²) in [5, 5.41) is 3.55. The standard InChI is InChI=1S/C11H21N/c1-9-4-3-5-10-6-7-12-8-11(9,10)2/h9-10,12H,3-8H2,1-2H3. The van der Waals surface area contributed by atoms with Gasteiger partial charge in [-0.05, 0) is 36.6 Å². The SMILES string of the molecule is CC1CCCC2CCNCC12C. The highest BCUT2D eigenvalue weighted by Gasteiger charge is 2.42. The van der Waals surface area contributed by atoms with E-state index in [2.05, 4.69) is 19.2 Å². The van der Waals surface area contributed by atoms with Crippen LogP contribution in [-0.4, -0.2) is 13.1 Å². The Labute approximate surface area is 75.9 Å². The summed E-state index contributed by atoms with van der Waals surface area (Å²) in [6.07, 6.45) is 5.83. The lowest BCUT2D eigenvalue weighted by Gasteiger charge is -2.49. The van der Waals surface area contributed by atoms with Crippen LogP contribution in [0.2, 0.25) is 0 Å². The number of fused-ring (bicyclic) bond motifs is 1. The summed E-state index contributed by atoms with van der Waals surface area (Å²) in [7, 11) is 0. The first-order valence-corrected chi connectivity index (χ1v) is 5.44. The lowest BCUT2D eigenvalue weighted by molar-refractivity contribution is 0.0245. The molecule has 1 aliphatic carbocycles. The Morgan fingerprint density at radius 3 is 2.83 bits per heavy atom. The minimum Gasteiger partial charge on any atom is -0.316 e. The second-order valence-corrected chi connectivity index (χ2v) is 5.00. The Morgan fingerprint density at radius 1 is 1.25 bits per heavy atom. The molecule has 0 bridgehead atoms. The van der Waals surface area contributed by atoms with Crippen LogP contribution in [0.1, 0.15) is 39.5 Å². The number of hydrogen-bond donors (Lipinski definition) is 1. The number of nitrogens with one attached hydrogen (secondary N) is 1. The van der Waals surface area contributed by atoms with E-state index in [1.165, 1.54) is 38.8 Å². The van der Waals surface area contributed by atoms with Crippen molar-refractivity contribution in [2.24, 2.45) is 17.3 Å². The summed E-state index contributed by atoms with van der Waals surface area (Å²) < 4.78 is 0. The monoisotopic (exact) mass is 167 g/mol. The van der Waals surface area contributed by atoms with Gasteiger partial charge in [-0.3, -0.25) is 0 Å². The quantitative estimate of drug-likeness (QED) is 0.584. The summed E-state index contributed by atoms with van der Waals surface area (Å²) in [6, 6.07) is 0. The fourth-order valence-electron chi connectivity index (χ4n) is 3.16. The predicted molar refractivity (Wildman–Crippen MR) is 52.1 cm³/mol. The third-order valence-corrected chi connectivity index (χ3v) is 4.42. The van der Waals surface area contributed by atoms with Crippen LogP contribution in [0.3, 0.4) is 0 Å². The van der Waals surface area contributed by atoms with E-state index in [1.807, 2.05) is 0 Å². The zero-order valence-electron chi connectivity index (χ0n) is 8.40. The lowest BCUT2D eigenvalue weighted by atomic mass is 9.59. The van der Waals surface area contributed by atoms with Crippen molar-refractivity contribution in [1.82, 2.24) is 5.32 Å². The highest BCUT2D eigenvalue weighted by Crippen LogP contribution is 2.47. The Hall–Kier alpha value is -0.0400. The molecule has 1 N–H and O–H groups in total. The molecule has 0 amide bonds. The summed E-state index contributed by atoms with van der Waals surface area (Å²) in [5.41, 5.74) is 0.622. The van der Waals surface area contributed by atoms with Gasteiger partial charge in [0.05, 0.1) is 0 Å². The molecule has 3 unspecified atom stereocenters. The van der Waals surface area contributed by atoms with E-state index in [-0.39, 0.29) is 0 Å². The Bertz CT molecular complexity index is 164. The molecular formula is C11H21N. The molecule has 2 aliphatic rings. The van der Waals surface area contributed by atoms with Gasteiger partial charge in [-0.1, -0.05) is 26.7 Å². The highest BCUT2D eigenvalue weighted by atomic mass is 14.9. The molecule has 0 aromatic heterocycles. The minimum atomic E-state index is 0.622. The number of piperidine rings is 1. The van der Waals surface area contributed by atoms with Crippen LogP contribution in [0.25, 0.3) is 0 Å². The van der Waals surface area contributed by atoms with Crippen LogP contribution in [0.5, 0.6) is 0 Å². The van der Waals surface area contributed by atoms with Gasteiger partial charge in [0.15, 0.2) is 0 Å². The molecule has 1 aliphatic heterocycles. The molecule has 1 saturated heterocycles. The fourth-order valence-corrected chi connectivity index (χ4v) is 3.16. The first kappa shape index (κ1) is 8.55. The van der Waals surface area contributed by atoms with E-state index < -0.39 is 0 Å². The average molecular weight is 167 g/mol. The minimum absolute atomic E-state index is 0.622. The second kappa shape index (κ2) is 3.02. The van der Waals surface area contributed by atoms with E-state index in [4.69, 9.17) is 0 Å². The van der Waals surface area contributed by atoms with Gasteiger partial charge < -0.3 is 5.32 Å². The maximum Gasteiger partial charge on any atom is 0.00104 e. The molecule has 2 rings (SSSR count). The molecular weight excluding hydrogens is 146 g/mol. The second-order valence-electron chi connectivity index (χ2n) is 5.00. The van der Waals surface area contributed by atoms with E-state index in [1.54, 1.807) is 0 Å². The predicted octanol–water partition coefficient (Wildman–Crippen LogP) is 2.42. The van der Waals surface area contributed by atoms with Crippen molar-refractivity contribution in [2.75, 3.05) is 13.1 Å². The van der Waals surface area contributed by atoms with Crippen molar-refractivity contribution >= 4 is 0 Å². The molecule has 1 saturated carbocycles. The third kappa shape index (κ3) is 1.19. The maximum absolute atomic E-state index is 3.55. The van der Waals surface area contributed by atoms with Gasteiger partial charge in [-0.15, -0.1) is 0 Å². The number of rotatable bonds is 0. The molecule has 0 aromatic rings. The molecule has 12 heavy (non-hydrogen) atoms. The molecule has 3 atom stereocenters. The van der Waals surface area contributed by atoms with E-state index in [0.717, 1.165) is 11.8 Å². The van der Waals surface area contributed by atoms with Gasteiger partial charge in [0.1, 0.15) is 0 Å². The van der Waals surface area contributed by atoms with Gasteiger partial charge in [0, 0.05) is 6.54 Å². The van der Waals surface area contributed by atoms with Crippen molar-refractivity contribution in [3.63, 3.8) is 0 Å². The molecule has 1 heterocycles. The summed E-state index contributed by atoms with van der Waals surface area (Å²) in [6.45, 7) is 7.46. The average Bonchev–Trinajstić information content (AvgIpc) is 2.07. The van der Waals surface area contributed by atoms with Crippen molar-refractivity contribution in [2.45, 2.75) is 39.5 Å². The van der Waals surface area contributed by atoms with Crippen LogP contribution >= 0.6 is 0 Å². The smallest absolute Gasteiger partial charge is 0.00104 e. The van der Waals surface area contributed by atoms with Crippen LogP contribution in [0, 0.1) is 17.3 Å². The first-order chi connectivity index (χ1) is 5.73. The van der Waals surface area contributed by atoms with Crippen LogP contribution < -0.4 is 5.32 Å². The normalized spacial score (nSPS) is 48.5. The Kier molecular flexibility index (Phi) is 2.16. The van der Waals surface area contributed by atoms with E-state index in [0.29, 0.717) is 5.41 Å². The topological polar surface area (TPSA) is 12.0 Å². The largest absolute Gasteiger partial charge is 0.316 e. The van der Waals surface area contributed by atoms with Crippen molar-refractivity contribution in [1.29, 1.82) is 0 Å². The zero-order valence-corrected chi connectivity index (χ0v) is 8.40. The van der Waals surface area contributed by atoms with Crippen LogP contribution in [0.15, 0.2) is 0 Å². The third-order valence-electron chi connectivity index (χ3n) is 4.42. The van der Waals surface area contributed by atoms with Crippen molar-refractivity contribution in [3.8, 4) is 0 Å². The van der Waals surface area contributed by atoms with Crippen molar-refractivity contribution < 1.29 is 0 Å². The Balaban J connectivity index is 2.14. The molecule has 70 valence electrons. The first-order valence-electron chi connectivity index (χ1n) is 5.44. The van der Waals surface area contributed by atoms with E-state index >= 15 is 0 Å². The Morgan fingerprint density at radius 2 is 2.08 bits per heavy atom. The van der Waals surface area contributed by atoms with Gasteiger partial charge >= 0.3 is 0 Å². The summed E-state index contributed by atoms with van der Waals surface area (Å²) in [4.78, 5) is 0. The molecule has 0 radical (unpaired) electrons.